The van der Waals surface area contributed by atoms with Gasteiger partial charge in [-0.15, -0.1) is 0 Å². The van der Waals surface area contributed by atoms with Gasteiger partial charge in [-0.3, -0.25) is 9.59 Å². The highest BCUT2D eigenvalue weighted by Gasteiger charge is 2.44. The van der Waals surface area contributed by atoms with Crippen molar-refractivity contribution in [3.8, 4) is 0 Å². The molecule has 0 N–H and O–H groups in total. The van der Waals surface area contributed by atoms with E-state index in [0.29, 0.717) is 6.42 Å². The van der Waals surface area contributed by atoms with Gasteiger partial charge in [0, 0.05) is 12.1 Å². The van der Waals surface area contributed by atoms with Gasteiger partial charge in [-0.2, -0.15) is 12.7 Å². The Morgan fingerprint density at radius 1 is 1.04 bits per heavy atom. The molecule has 3 rings (SSSR count). The van der Waals surface area contributed by atoms with E-state index in [0.717, 1.165) is 20.6 Å². The minimum Gasteiger partial charge on any atom is -0.268 e. The van der Waals surface area contributed by atoms with Crippen molar-refractivity contribution in [3.63, 3.8) is 0 Å². The number of benzene rings is 2. The van der Waals surface area contributed by atoms with Gasteiger partial charge in [-0.05, 0) is 37.6 Å². The summed E-state index contributed by atoms with van der Waals surface area (Å²) < 4.78 is 27.7. The lowest BCUT2D eigenvalue weighted by molar-refractivity contribution is 0.0854. The zero-order chi connectivity index (χ0) is 18.9. The Bertz CT molecular complexity index is 952. The molecule has 0 unspecified atom stereocenters. The summed E-state index contributed by atoms with van der Waals surface area (Å²) in [6.07, 6.45) is 1.26. The number of hydrogen-bond donors (Lipinski definition) is 0. The van der Waals surface area contributed by atoms with Crippen LogP contribution in [0.25, 0.3) is 0 Å². The van der Waals surface area contributed by atoms with Crippen molar-refractivity contribution in [3.05, 3.63) is 65.2 Å². The number of unbranched alkanes of at least 4 members (excludes halogenated alkanes) is 1. The molecule has 0 aromatic heterocycles. The van der Waals surface area contributed by atoms with Crippen LogP contribution in [-0.4, -0.2) is 31.1 Å². The molecule has 7 heteroatoms. The fraction of sp³-hybridized carbons (Fsp3) is 0.263. The van der Waals surface area contributed by atoms with Gasteiger partial charge in [-0.1, -0.05) is 43.2 Å². The van der Waals surface area contributed by atoms with Crippen molar-refractivity contribution in [2.75, 3.05) is 10.8 Å². The molecule has 2 aromatic carbocycles. The zero-order valence-electron chi connectivity index (χ0n) is 14.7. The first-order valence-electron chi connectivity index (χ1n) is 8.45. The molecule has 0 saturated heterocycles. The van der Waals surface area contributed by atoms with E-state index in [1.54, 1.807) is 42.5 Å². The molecule has 0 fully saturated rings. The van der Waals surface area contributed by atoms with E-state index in [2.05, 4.69) is 0 Å². The molecule has 0 aliphatic carbocycles. The van der Waals surface area contributed by atoms with Gasteiger partial charge >= 0.3 is 10.2 Å². The molecular formula is C19H20N2O4S. The second-order valence-corrected chi connectivity index (χ2v) is 7.89. The van der Waals surface area contributed by atoms with Crippen molar-refractivity contribution in [2.45, 2.75) is 26.7 Å². The fourth-order valence-electron chi connectivity index (χ4n) is 2.84. The van der Waals surface area contributed by atoms with Gasteiger partial charge in [0.1, 0.15) is 0 Å². The first-order chi connectivity index (χ1) is 12.4. The molecule has 2 aromatic rings. The van der Waals surface area contributed by atoms with E-state index >= 15 is 0 Å². The third-order valence-electron chi connectivity index (χ3n) is 4.29. The predicted molar refractivity (Wildman–Crippen MR) is 99.3 cm³/mol. The topological polar surface area (TPSA) is 74.8 Å². The second kappa shape index (κ2) is 6.92. The molecule has 2 amide bonds. The summed E-state index contributed by atoms with van der Waals surface area (Å²) in [5, 5.41) is 0. The maximum atomic E-state index is 13.1. The third-order valence-corrected chi connectivity index (χ3v) is 6.02. The number of carbonyl (C=O) groups excluding carboxylic acids is 2. The van der Waals surface area contributed by atoms with Crippen LogP contribution in [0.4, 0.5) is 5.69 Å². The minimum atomic E-state index is -4.29. The average Bonchev–Trinajstić information content (AvgIpc) is 2.62. The third kappa shape index (κ3) is 2.99. The molecule has 0 bridgehead atoms. The Balaban J connectivity index is 2.15. The van der Waals surface area contributed by atoms with Gasteiger partial charge in [0.05, 0.1) is 11.3 Å². The van der Waals surface area contributed by atoms with Gasteiger partial charge in [0.25, 0.3) is 11.8 Å². The number of fused-ring (bicyclic) bond motifs is 1. The van der Waals surface area contributed by atoms with Crippen molar-refractivity contribution in [1.82, 2.24) is 4.31 Å². The number of amides is 2. The average molecular weight is 372 g/mol. The van der Waals surface area contributed by atoms with E-state index in [4.69, 9.17) is 0 Å². The van der Waals surface area contributed by atoms with Gasteiger partial charge in [0.2, 0.25) is 0 Å². The van der Waals surface area contributed by atoms with Crippen LogP contribution in [0.5, 0.6) is 0 Å². The quantitative estimate of drug-likeness (QED) is 0.826. The summed E-state index contributed by atoms with van der Waals surface area (Å²) in [6.45, 7) is 3.83. The standard InChI is InChI=1S/C19H20N2O4S/c1-3-4-13-20-19(23)16-7-5-6-8-17(16)21(26(20,24)25)18(22)15-11-9-14(2)10-12-15/h5-12H,3-4,13H2,1-2H3. The summed E-state index contributed by atoms with van der Waals surface area (Å²) in [6, 6.07) is 12.9. The van der Waals surface area contributed by atoms with Crippen molar-refractivity contribution in [1.29, 1.82) is 0 Å². The molecule has 0 radical (unpaired) electrons. The van der Waals surface area contributed by atoms with Crippen LogP contribution >= 0.6 is 0 Å². The Labute approximate surface area is 153 Å². The van der Waals surface area contributed by atoms with Crippen LogP contribution in [0.2, 0.25) is 0 Å². The maximum absolute atomic E-state index is 13.1. The van der Waals surface area contributed by atoms with Crippen molar-refractivity contribution in [2.24, 2.45) is 0 Å². The lowest BCUT2D eigenvalue weighted by atomic mass is 10.1. The normalized spacial score (nSPS) is 15.7. The number of rotatable bonds is 4. The smallest absolute Gasteiger partial charge is 0.268 e. The zero-order valence-corrected chi connectivity index (χ0v) is 15.5. The van der Waals surface area contributed by atoms with Crippen molar-refractivity contribution < 1.29 is 18.0 Å². The van der Waals surface area contributed by atoms with E-state index in [9.17, 15) is 18.0 Å². The minimum absolute atomic E-state index is 0.0453. The number of aryl methyl sites for hydroxylation is 1. The van der Waals surface area contributed by atoms with E-state index in [-0.39, 0.29) is 23.4 Å². The lowest BCUT2D eigenvalue weighted by Gasteiger charge is -2.35. The number of para-hydroxylation sites is 1. The summed E-state index contributed by atoms with van der Waals surface area (Å²) >= 11 is 0. The largest absolute Gasteiger partial charge is 0.335 e. The first kappa shape index (κ1) is 18.1. The van der Waals surface area contributed by atoms with Crippen LogP contribution in [0.15, 0.2) is 48.5 Å². The van der Waals surface area contributed by atoms with Gasteiger partial charge in [-0.25, -0.2) is 4.31 Å². The Hall–Kier alpha value is -2.67. The van der Waals surface area contributed by atoms with Crippen LogP contribution < -0.4 is 4.31 Å². The molecule has 1 aliphatic heterocycles. The molecule has 26 heavy (non-hydrogen) atoms. The molecule has 0 saturated carbocycles. The van der Waals surface area contributed by atoms with Crippen LogP contribution in [0, 0.1) is 6.92 Å². The molecule has 0 spiro atoms. The molecular weight excluding hydrogens is 352 g/mol. The highest BCUT2D eigenvalue weighted by molar-refractivity contribution is 7.92. The summed E-state index contributed by atoms with van der Waals surface area (Å²) in [5.74, 6) is -1.27. The highest BCUT2D eigenvalue weighted by Crippen LogP contribution is 2.33. The summed E-state index contributed by atoms with van der Waals surface area (Å²) in [4.78, 5) is 25.7. The summed E-state index contributed by atoms with van der Waals surface area (Å²) in [7, 11) is -4.29. The van der Waals surface area contributed by atoms with E-state index < -0.39 is 22.0 Å². The van der Waals surface area contributed by atoms with E-state index in [1.807, 2.05) is 13.8 Å². The Morgan fingerprint density at radius 2 is 1.69 bits per heavy atom. The Kier molecular flexibility index (Phi) is 4.82. The van der Waals surface area contributed by atoms with Crippen LogP contribution in [-0.2, 0) is 10.2 Å². The second-order valence-electron chi connectivity index (χ2n) is 6.19. The predicted octanol–water partition coefficient (Wildman–Crippen LogP) is 3.14. The number of nitrogens with zero attached hydrogens (tertiary/aromatic N) is 2. The highest BCUT2D eigenvalue weighted by atomic mass is 32.2. The molecule has 0 atom stereocenters. The van der Waals surface area contributed by atoms with Crippen molar-refractivity contribution >= 4 is 27.7 Å². The molecule has 6 nitrogen and oxygen atoms in total. The molecule has 1 aliphatic rings. The van der Waals surface area contributed by atoms with E-state index in [1.165, 1.54) is 6.07 Å². The number of anilines is 1. The fourth-order valence-corrected chi connectivity index (χ4v) is 4.43. The van der Waals surface area contributed by atoms with Gasteiger partial charge in [0.15, 0.2) is 0 Å². The molecule has 1 heterocycles. The van der Waals surface area contributed by atoms with Gasteiger partial charge < -0.3 is 0 Å². The summed E-state index contributed by atoms with van der Waals surface area (Å²) in [5.41, 5.74) is 1.51. The SMILES string of the molecule is CCCCN1C(=O)c2ccccc2N(C(=O)c2ccc(C)cc2)S1(=O)=O. The van der Waals surface area contributed by atoms with Crippen LogP contribution in [0.1, 0.15) is 46.0 Å². The Morgan fingerprint density at radius 3 is 2.35 bits per heavy atom. The van der Waals surface area contributed by atoms with Crippen LogP contribution in [0.3, 0.4) is 0 Å². The monoisotopic (exact) mass is 372 g/mol. The first-order valence-corrected chi connectivity index (χ1v) is 9.85. The number of hydrogen-bond acceptors (Lipinski definition) is 4. The number of carbonyl (C=O) groups is 2. The lowest BCUT2D eigenvalue weighted by Crippen LogP contribution is -2.53. The maximum Gasteiger partial charge on any atom is 0.335 e. The molecule has 136 valence electrons.